The molecule has 38 heavy (non-hydrogen) atoms. The molecule has 2 aromatic carbocycles. The summed E-state index contributed by atoms with van der Waals surface area (Å²) in [7, 11) is 0. The van der Waals surface area contributed by atoms with Crippen LogP contribution >= 0.6 is 0 Å². The third-order valence-electron chi connectivity index (χ3n) is 6.52. The van der Waals surface area contributed by atoms with Gasteiger partial charge in [-0.1, -0.05) is 60.7 Å². The van der Waals surface area contributed by atoms with Gasteiger partial charge >= 0.3 is 12.0 Å². The molecule has 4 aromatic rings. The van der Waals surface area contributed by atoms with Crippen molar-refractivity contribution >= 4 is 5.97 Å². The lowest BCUT2D eigenvalue weighted by Crippen LogP contribution is -2.28. The summed E-state index contributed by atoms with van der Waals surface area (Å²) in [4.78, 5) is 24.6. The van der Waals surface area contributed by atoms with E-state index in [4.69, 9.17) is 14.2 Å². The fraction of sp³-hybridized carbons (Fsp3) is 0.267. The molecule has 5 rings (SSSR count). The Morgan fingerprint density at radius 3 is 2.00 bits per heavy atom. The van der Waals surface area contributed by atoms with E-state index in [-0.39, 0.29) is 18.0 Å². The van der Waals surface area contributed by atoms with Gasteiger partial charge in [0.1, 0.15) is 19.3 Å². The summed E-state index contributed by atoms with van der Waals surface area (Å²) < 4.78 is 18.0. The Labute approximate surface area is 221 Å². The van der Waals surface area contributed by atoms with Crippen LogP contribution < -0.4 is 14.2 Å². The van der Waals surface area contributed by atoms with E-state index in [2.05, 4.69) is 15.0 Å². The van der Waals surface area contributed by atoms with E-state index in [1.165, 1.54) is 0 Å². The highest BCUT2D eigenvalue weighted by molar-refractivity contribution is 5.70. The van der Waals surface area contributed by atoms with Crippen LogP contribution in [0.4, 0.5) is 0 Å². The van der Waals surface area contributed by atoms with Crippen molar-refractivity contribution in [3.05, 3.63) is 96.3 Å². The fourth-order valence-electron chi connectivity index (χ4n) is 4.38. The molecule has 0 amide bonds. The molecule has 0 aliphatic heterocycles. The summed E-state index contributed by atoms with van der Waals surface area (Å²) in [6.07, 6.45) is 5.84. The number of carboxylic acids is 1. The molecule has 1 fully saturated rings. The first-order valence-electron chi connectivity index (χ1n) is 12.7. The molecule has 2 aromatic heterocycles. The second kappa shape index (κ2) is 12.2. The Balaban J connectivity index is 1.30. The van der Waals surface area contributed by atoms with Gasteiger partial charge in [-0.15, -0.1) is 0 Å². The zero-order valence-corrected chi connectivity index (χ0v) is 20.9. The minimum atomic E-state index is -0.737. The van der Waals surface area contributed by atoms with Crippen molar-refractivity contribution in [3.63, 3.8) is 0 Å². The maximum Gasteiger partial charge on any atom is 0.316 e. The van der Waals surface area contributed by atoms with E-state index in [0.29, 0.717) is 50.7 Å². The molecule has 2 heterocycles. The highest BCUT2D eigenvalue weighted by Gasteiger charge is 2.27. The van der Waals surface area contributed by atoms with Gasteiger partial charge in [-0.3, -0.25) is 4.79 Å². The number of benzene rings is 2. The molecule has 0 radical (unpaired) electrons. The van der Waals surface area contributed by atoms with Gasteiger partial charge in [0.15, 0.2) is 0 Å². The molecule has 1 aliphatic rings. The van der Waals surface area contributed by atoms with Gasteiger partial charge in [-0.25, -0.2) is 9.97 Å². The number of nitrogens with zero attached hydrogens (tertiary/aromatic N) is 3. The number of pyridine rings is 1. The van der Waals surface area contributed by atoms with Crippen molar-refractivity contribution in [2.24, 2.45) is 5.92 Å². The van der Waals surface area contributed by atoms with E-state index >= 15 is 0 Å². The van der Waals surface area contributed by atoms with Gasteiger partial charge in [-0.2, -0.15) is 4.98 Å². The standard InChI is InChI=1S/C30H29N3O5/c34-29(35)23-11-13-25(14-12-23)38-30-31-17-24(18-32-30)26-15-16-27(36-19-21-7-3-1-4-8-21)33-28(26)37-20-22-9-5-2-6-10-22/h1-10,15-18,23,25H,11-14,19-20H2,(H,34,35). The molecule has 1 aliphatic carbocycles. The molecule has 8 heteroatoms. The summed E-state index contributed by atoms with van der Waals surface area (Å²) >= 11 is 0. The number of carboxylic acid groups (broad SMARTS) is 1. The Morgan fingerprint density at radius 2 is 1.39 bits per heavy atom. The van der Waals surface area contributed by atoms with Crippen LogP contribution in [0.2, 0.25) is 0 Å². The molecule has 1 N–H and O–H groups in total. The zero-order chi connectivity index (χ0) is 26.2. The first kappa shape index (κ1) is 25.2. The average Bonchev–Trinajstić information content (AvgIpc) is 2.97. The highest BCUT2D eigenvalue weighted by atomic mass is 16.5. The third kappa shape index (κ3) is 6.64. The lowest BCUT2D eigenvalue weighted by Gasteiger charge is -2.25. The van der Waals surface area contributed by atoms with E-state index < -0.39 is 5.97 Å². The summed E-state index contributed by atoms with van der Waals surface area (Å²) in [5.74, 6) is -0.152. The SMILES string of the molecule is O=C(O)C1CCC(Oc2ncc(-c3ccc(OCc4ccccc4)nc3OCc3ccccc3)cn2)CC1. The summed E-state index contributed by atoms with van der Waals surface area (Å²) in [6.45, 7) is 0.749. The summed E-state index contributed by atoms with van der Waals surface area (Å²) in [6, 6.07) is 23.8. The van der Waals surface area contributed by atoms with Crippen molar-refractivity contribution in [1.29, 1.82) is 0 Å². The maximum atomic E-state index is 11.2. The smallest absolute Gasteiger partial charge is 0.316 e. The third-order valence-corrected chi connectivity index (χ3v) is 6.52. The van der Waals surface area contributed by atoms with Gasteiger partial charge in [-0.05, 0) is 42.9 Å². The fourth-order valence-corrected chi connectivity index (χ4v) is 4.38. The molecule has 0 atom stereocenters. The van der Waals surface area contributed by atoms with Crippen molar-refractivity contribution in [2.75, 3.05) is 0 Å². The van der Waals surface area contributed by atoms with E-state index in [0.717, 1.165) is 22.3 Å². The predicted molar refractivity (Wildman–Crippen MR) is 141 cm³/mol. The van der Waals surface area contributed by atoms with Crippen molar-refractivity contribution in [2.45, 2.75) is 45.0 Å². The molecular weight excluding hydrogens is 482 g/mol. The van der Waals surface area contributed by atoms with Crippen molar-refractivity contribution < 1.29 is 24.1 Å². The minimum Gasteiger partial charge on any atom is -0.481 e. The van der Waals surface area contributed by atoms with Crippen molar-refractivity contribution in [3.8, 4) is 28.9 Å². The Kier molecular flexibility index (Phi) is 8.08. The van der Waals surface area contributed by atoms with E-state index in [9.17, 15) is 9.90 Å². The molecule has 1 saturated carbocycles. The van der Waals surface area contributed by atoms with Crippen LogP contribution in [0.15, 0.2) is 85.2 Å². The Morgan fingerprint density at radius 1 is 0.789 bits per heavy atom. The summed E-state index contributed by atoms with van der Waals surface area (Å²) in [5.41, 5.74) is 3.54. The number of ether oxygens (including phenoxy) is 3. The first-order valence-corrected chi connectivity index (χ1v) is 12.7. The van der Waals surface area contributed by atoms with Crippen LogP contribution in [-0.4, -0.2) is 32.1 Å². The normalized spacial score (nSPS) is 16.9. The minimum absolute atomic E-state index is 0.0797. The van der Waals surface area contributed by atoms with Crippen LogP contribution in [0.25, 0.3) is 11.1 Å². The van der Waals surface area contributed by atoms with E-state index in [1.807, 2.05) is 66.7 Å². The van der Waals surface area contributed by atoms with Gasteiger partial charge in [0.05, 0.1) is 5.92 Å². The second-order valence-electron chi connectivity index (χ2n) is 9.23. The van der Waals surface area contributed by atoms with Crippen LogP contribution in [0.1, 0.15) is 36.8 Å². The first-order chi connectivity index (χ1) is 18.6. The van der Waals surface area contributed by atoms with Crippen LogP contribution in [-0.2, 0) is 18.0 Å². The van der Waals surface area contributed by atoms with E-state index in [1.54, 1.807) is 18.5 Å². The van der Waals surface area contributed by atoms with Crippen LogP contribution in [0, 0.1) is 5.92 Å². The molecule has 0 unspecified atom stereocenters. The monoisotopic (exact) mass is 511 g/mol. The Hall–Kier alpha value is -4.46. The number of hydrogen-bond donors (Lipinski definition) is 1. The lowest BCUT2D eigenvalue weighted by atomic mass is 9.87. The number of aromatic nitrogens is 3. The second-order valence-corrected chi connectivity index (χ2v) is 9.23. The van der Waals surface area contributed by atoms with Gasteiger partial charge < -0.3 is 19.3 Å². The van der Waals surface area contributed by atoms with Crippen LogP contribution in [0.3, 0.4) is 0 Å². The highest BCUT2D eigenvalue weighted by Crippen LogP contribution is 2.32. The van der Waals surface area contributed by atoms with Gasteiger partial charge in [0.25, 0.3) is 0 Å². The molecular formula is C30H29N3O5. The number of aliphatic carboxylic acids is 1. The van der Waals surface area contributed by atoms with Crippen LogP contribution in [0.5, 0.6) is 17.8 Å². The number of rotatable bonds is 10. The molecule has 8 nitrogen and oxygen atoms in total. The maximum absolute atomic E-state index is 11.2. The molecule has 0 saturated heterocycles. The van der Waals surface area contributed by atoms with Crippen molar-refractivity contribution in [1.82, 2.24) is 15.0 Å². The van der Waals surface area contributed by atoms with Gasteiger partial charge in [0, 0.05) is 29.6 Å². The Bertz CT molecular complexity index is 1330. The predicted octanol–water partition coefficient (Wildman–Crippen LogP) is 5.72. The number of hydrogen-bond acceptors (Lipinski definition) is 7. The number of carbonyl (C=O) groups is 1. The molecule has 0 bridgehead atoms. The molecule has 0 spiro atoms. The average molecular weight is 512 g/mol. The van der Waals surface area contributed by atoms with Gasteiger partial charge in [0.2, 0.25) is 11.8 Å². The summed E-state index contributed by atoms with van der Waals surface area (Å²) in [5, 5.41) is 9.19. The zero-order valence-electron chi connectivity index (χ0n) is 20.9. The molecule has 194 valence electrons. The lowest BCUT2D eigenvalue weighted by molar-refractivity contribution is -0.143. The topological polar surface area (TPSA) is 104 Å². The largest absolute Gasteiger partial charge is 0.481 e. The quantitative estimate of drug-likeness (QED) is 0.288.